The van der Waals surface area contributed by atoms with Gasteiger partial charge in [0.15, 0.2) is 0 Å². The fraction of sp³-hybridized carbons (Fsp3) is 0.273. The normalized spacial score (nSPS) is 18.5. The van der Waals surface area contributed by atoms with Crippen molar-refractivity contribution in [1.29, 1.82) is 0 Å². The van der Waals surface area contributed by atoms with Crippen LogP contribution in [0.25, 0.3) is 5.41 Å². The number of hydrogen-bond acceptors (Lipinski definition) is 2. The molecule has 0 saturated heterocycles. The van der Waals surface area contributed by atoms with Gasteiger partial charge in [0, 0.05) is 24.3 Å². The van der Waals surface area contributed by atoms with Gasteiger partial charge in [-0.25, -0.2) is 6.21 Å². The summed E-state index contributed by atoms with van der Waals surface area (Å²) >= 11 is 0. The van der Waals surface area contributed by atoms with Gasteiger partial charge in [-0.05, 0) is 37.1 Å². The number of benzene rings is 2. The average Bonchev–Trinajstić information content (AvgIpc) is 3.08. The van der Waals surface area contributed by atoms with E-state index in [1.54, 1.807) is 6.92 Å². The first kappa shape index (κ1) is 23.9. The van der Waals surface area contributed by atoms with Crippen molar-refractivity contribution in [1.82, 2.24) is 0 Å². The van der Waals surface area contributed by atoms with Crippen molar-refractivity contribution in [3.8, 4) is 0 Å². The fourth-order valence-corrected chi connectivity index (χ4v) is 2.78. The van der Waals surface area contributed by atoms with Crippen LogP contribution in [-0.4, -0.2) is 18.6 Å². The van der Waals surface area contributed by atoms with Gasteiger partial charge in [0.25, 0.3) is 0 Å². The summed E-state index contributed by atoms with van der Waals surface area (Å²) in [6, 6.07) is 20.3. The van der Waals surface area contributed by atoms with Gasteiger partial charge in [0.05, 0.1) is 11.4 Å². The fourth-order valence-electron chi connectivity index (χ4n) is 2.78. The van der Waals surface area contributed by atoms with Crippen molar-refractivity contribution >= 4 is 30.0 Å². The Morgan fingerprint density at radius 1 is 0.808 bits per heavy atom. The van der Waals surface area contributed by atoms with E-state index in [0.29, 0.717) is 11.8 Å². The molecular weight excluding hydrogens is 365 g/mol. The average molecular weight is 392 g/mol. The molecule has 26 heavy (non-hydrogen) atoms. The van der Waals surface area contributed by atoms with E-state index in [2.05, 4.69) is 22.4 Å². The molecule has 4 heteroatoms. The van der Waals surface area contributed by atoms with E-state index in [9.17, 15) is 0 Å². The summed E-state index contributed by atoms with van der Waals surface area (Å²) in [4.78, 5) is 9.21. The summed E-state index contributed by atoms with van der Waals surface area (Å²) in [5.41, 5.74) is 2.06. The molecule has 140 valence electrons. The summed E-state index contributed by atoms with van der Waals surface area (Å²) in [5.74, 6) is 1.02. The molecule has 0 bridgehead atoms. The van der Waals surface area contributed by atoms with Gasteiger partial charge < -0.3 is 12.8 Å². The molecule has 3 nitrogen and oxygen atoms in total. The van der Waals surface area contributed by atoms with Crippen LogP contribution in [-0.2, 0) is 16.5 Å². The van der Waals surface area contributed by atoms with Gasteiger partial charge in [-0.2, -0.15) is 0 Å². The molecule has 0 spiro atoms. The topological polar surface area (TPSA) is 47.0 Å². The second-order valence-corrected chi connectivity index (χ2v) is 5.74. The standard InChI is InChI=1S/C19H20N2.C2H4N.CH3.Ni/c1-3-10-18(11-4-1)20-14-16-8-7-9-17(16)15-21-19-12-5-2-6-13-19;1-2-3;;/h1-6,10-17H,7-9H2;2H,1H3;1H3;/q;2*-1;+2. The van der Waals surface area contributed by atoms with Crippen LogP contribution >= 0.6 is 0 Å². The van der Waals surface area contributed by atoms with Crippen LogP contribution in [0.3, 0.4) is 0 Å². The SMILES string of the molecule is C(=Nc1ccccc1)C1CCCC1C=Nc1ccccc1.CC=[N-].[CH3-].[Ni+2]. The Bertz CT molecular complexity index is 598. The third kappa shape index (κ3) is 8.35. The van der Waals surface area contributed by atoms with E-state index >= 15 is 0 Å². The van der Waals surface area contributed by atoms with Crippen molar-refractivity contribution in [3.63, 3.8) is 0 Å². The molecule has 3 rings (SSSR count). The van der Waals surface area contributed by atoms with E-state index in [1.165, 1.54) is 19.3 Å². The third-order valence-corrected chi connectivity index (χ3v) is 3.97. The molecule has 1 fully saturated rings. The zero-order chi connectivity index (χ0) is 17.0. The molecular formula is C22H27N3Ni. The summed E-state index contributed by atoms with van der Waals surface area (Å²) in [5, 5.41) is 7.44. The molecule has 1 aliphatic carbocycles. The molecule has 2 unspecified atom stereocenters. The molecule has 2 aromatic rings. The molecule has 0 heterocycles. The van der Waals surface area contributed by atoms with E-state index in [0.717, 1.165) is 17.6 Å². The minimum atomic E-state index is 0. The van der Waals surface area contributed by atoms with Gasteiger partial charge in [0.1, 0.15) is 0 Å². The summed E-state index contributed by atoms with van der Waals surface area (Å²) < 4.78 is 0. The van der Waals surface area contributed by atoms with E-state index in [1.807, 2.05) is 60.7 Å². The minimum absolute atomic E-state index is 0. The van der Waals surface area contributed by atoms with E-state index in [-0.39, 0.29) is 23.9 Å². The van der Waals surface area contributed by atoms with Crippen molar-refractivity contribution in [3.05, 3.63) is 73.5 Å². The second-order valence-electron chi connectivity index (χ2n) is 5.74. The van der Waals surface area contributed by atoms with Crippen molar-refractivity contribution in [2.45, 2.75) is 26.2 Å². The number of aliphatic imine (C=N–C) groups is 2. The Morgan fingerprint density at radius 2 is 1.15 bits per heavy atom. The van der Waals surface area contributed by atoms with Crippen molar-refractivity contribution in [2.75, 3.05) is 0 Å². The number of para-hydroxylation sites is 2. The third-order valence-electron chi connectivity index (χ3n) is 3.97. The molecule has 0 radical (unpaired) electrons. The van der Waals surface area contributed by atoms with Crippen molar-refractivity contribution in [2.24, 2.45) is 21.8 Å². The van der Waals surface area contributed by atoms with Gasteiger partial charge in [0.2, 0.25) is 0 Å². The van der Waals surface area contributed by atoms with Gasteiger partial charge in [-0.15, -0.1) is 0 Å². The first-order chi connectivity index (χ1) is 11.8. The Hall–Kier alpha value is -2.06. The summed E-state index contributed by atoms with van der Waals surface area (Å²) in [6.07, 6.45) is 8.91. The predicted octanol–water partition coefficient (Wildman–Crippen LogP) is 6.30. The molecule has 2 aromatic carbocycles. The molecule has 1 aliphatic rings. The van der Waals surface area contributed by atoms with Crippen LogP contribution in [0.1, 0.15) is 26.2 Å². The van der Waals surface area contributed by atoms with Crippen LogP contribution in [0.2, 0.25) is 0 Å². The minimum Gasteiger partial charge on any atom is -0.814 e. The maximum absolute atomic E-state index is 7.44. The number of rotatable bonds is 4. The monoisotopic (exact) mass is 391 g/mol. The van der Waals surface area contributed by atoms with Crippen molar-refractivity contribution < 1.29 is 16.5 Å². The largest absolute Gasteiger partial charge is 2.00 e. The number of nitrogens with zero attached hydrogens (tertiary/aromatic N) is 3. The van der Waals surface area contributed by atoms with E-state index in [4.69, 9.17) is 5.41 Å². The van der Waals surface area contributed by atoms with E-state index < -0.39 is 0 Å². The Labute approximate surface area is 168 Å². The smallest absolute Gasteiger partial charge is 0.814 e. The summed E-state index contributed by atoms with van der Waals surface area (Å²) in [7, 11) is 0. The molecule has 0 aromatic heterocycles. The molecule has 0 aliphatic heterocycles. The van der Waals surface area contributed by atoms with Gasteiger partial charge in [-0.1, -0.05) is 49.7 Å². The number of hydrogen-bond donors (Lipinski definition) is 0. The maximum Gasteiger partial charge on any atom is 2.00 e. The Morgan fingerprint density at radius 3 is 1.50 bits per heavy atom. The van der Waals surface area contributed by atoms with Gasteiger partial charge >= 0.3 is 16.5 Å². The predicted molar refractivity (Wildman–Crippen MR) is 112 cm³/mol. The molecule has 2 atom stereocenters. The van der Waals surface area contributed by atoms with Crippen LogP contribution in [0.5, 0.6) is 0 Å². The zero-order valence-corrected chi connectivity index (χ0v) is 16.4. The zero-order valence-electron chi connectivity index (χ0n) is 15.4. The van der Waals surface area contributed by atoms with Gasteiger partial charge in [-0.3, -0.25) is 9.98 Å². The second kappa shape index (κ2) is 14.1. The van der Waals surface area contributed by atoms with Crippen LogP contribution in [0.15, 0.2) is 70.6 Å². The van der Waals surface area contributed by atoms with Crippen LogP contribution in [0.4, 0.5) is 11.4 Å². The molecule has 1 saturated carbocycles. The maximum atomic E-state index is 7.44. The first-order valence-electron chi connectivity index (χ1n) is 8.44. The van der Waals surface area contributed by atoms with Crippen LogP contribution < -0.4 is 0 Å². The Balaban J connectivity index is 0.00000117. The quantitative estimate of drug-likeness (QED) is 0.333. The molecule has 0 N–H and O–H groups in total. The molecule has 0 amide bonds. The Kier molecular flexibility index (Phi) is 13.0. The first-order valence-corrected chi connectivity index (χ1v) is 8.44. The van der Waals surface area contributed by atoms with Crippen LogP contribution in [0, 0.1) is 19.3 Å². The summed E-state index contributed by atoms with van der Waals surface area (Å²) in [6.45, 7) is 1.56.